The van der Waals surface area contributed by atoms with E-state index in [1.165, 1.54) is 11.3 Å². The Morgan fingerprint density at radius 2 is 2.00 bits per heavy atom. The number of nitrogens with zero attached hydrogens (tertiary/aromatic N) is 1. The lowest BCUT2D eigenvalue weighted by molar-refractivity contribution is -0.151. The van der Waals surface area contributed by atoms with Crippen molar-refractivity contribution in [2.75, 3.05) is 6.54 Å². The van der Waals surface area contributed by atoms with Crippen molar-refractivity contribution in [3.8, 4) is 0 Å². The van der Waals surface area contributed by atoms with Crippen molar-refractivity contribution >= 4 is 17.7 Å². The second kappa shape index (κ2) is 4.07. The van der Waals surface area contributed by atoms with Crippen LogP contribution in [0.3, 0.4) is 0 Å². The van der Waals surface area contributed by atoms with Gasteiger partial charge in [0.1, 0.15) is 12.6 Å². The van der Waals surface area contributed by atoms with E-state index in [4.69, 9.17) is 0 Å². The Morgan fingerprint density at radius 3 is 2.61 bits per heavy atom. The molecule has 1 heterocycles. The van der Waals surface area contributed by atoms with Crippen LogP contribution >= 0.6 is 0 Å². The third kappa shape index (κ3) is 1.64. The summed E-state index contributed by atoms with van der Waals surface area (Å²) in [5.74, 6) is 0.480. The molecule has 3 fully saturated rings. The zero-order valence-corrected chi connectivity index (χ0v) is 10.5. The van der Waals surface area contributed by atoms with Crippen molar-refractivity contribution in [1.82, 2.24) is 10.2 Å². The third-order valence-electron chi connectivity index (χ3n) is 4.62. The number of nitrogens with one attached hydrogen (secondary N) is 1. The minimum absolute atomic E-state index is 0.0275. The van der Waals surface area contributed by atoms with E-state index in [0.717, 1.165) is 12.8 Å². The van der Waals surface area contributed by atoms with E-state index in [-0.39, 0.29) is 30.2 Å². The first-order chi connectivity index (χ1) is 8.63. The summed E-state index contributed by atoms with van der Waals surface area (Å²) in [4.78, 5) is 37.1. The summed E-state index contributed by atoms with van der Waals surface area (Å²) >= 11 is 0. The molecule has 3 unspecified atom stereocenters. The number of hydrogen-bond donors (Lipinski definition) is 1. The van der Waals surface area contributed by atoms with Gasteiger partial charge in [0.2, 0.25) is 17.7 Å². The number of fused-ring (bicyclic) bond motifs is 1. The molecule has 1 saturated heterocycles. The number of imide groups is 1. The fourth-order valence-electron chi connectivity index (χ4n) is 3.68. The van der Waals surface area contributed by atoms with Crippen LogP contribution in [0.25, 0.3) is 0 Å². The molecule has 2 saturated carbocycles. The van der Waals surface area contributed by atoms with E-state index in [9.17, 15) is 14.4 Å². The second-order valence-corrected chi connectivity index (χ2v) is 5.59. The summed E-state index contributed by atoms with van der Waals surface area (Å²) in [7, 11) is 0. The lowest BCUT2D eigenvalue weighted by Crippen LogP contribution is -2.60. The topological polar surface area (TPSA) is 66.5 Å². The Labute approximate surface area is 106 Å². The Bertz CT molecular complexity index is 410. The molecule has 0 spiro atoms. The fraction of sp³-hybridized carbons (Fsp3) is 0.769. The number of hydrogen-bond acceptors (Lipinski definition) is 3. The van der Waals surface area contributed by atoms with Crippen molar-refractivity contribution in [3.63, 3.8) is 0 Å². The van der Waals surface area contributed by atoms with Crippen molar-refractivity contribution < 1.29 is 14.4 Å². The van der Waals surface area contributed by atoms with E-state index in [2.05, 4.69) is 5.32 Å². The zero-order chi connectivity index (χ0) is 12.9. The van der Waals surface area contributed by atoms with Crippen LogP contribution in [0, 0.1) is 17.8 Å². The zero-order valence-electron chi connectivity index (χ0n) is 10.5. The van der Waals surface area contributed by atoms with E-state index in [1.54, 1.807) is 0 Å². The normalized spacial score (nSPS) is 38.4. The van der Waals surface area contributed by atoms with Gasteiger partial charge in [-0.05, 0) is 31.1 Å². The molecule has 3 rings (SSSR count). The first-order valence-corrected chi connectivity index (χ1v) is 6.77. The molecule has 5 heteroatoms. The smallest absolute Gasteiger partial charge is 0.249 e. The summed E-state index contributed by atoms with van der Waals surface area (Å²) in [6, 6.07) is -0.462. The largest absolute Gasteiger partial charge is 0.321 e. The fourth-order valence-corrected chi connectivity index (χ4v) is 3.68. The monoisotopic (exact) mass is 250 g/mol. The number of rotatable bonds is 2. The lowest BCUT2D eigenvalue weighted by atomic mass is 10.1. The van der Waals surface area contributed by atoms with Gasteiger partial charge in [-0.2, -0.15) is 0 Å². The highest BCUT2D eigenvalue weighted by Gasteiger charge is 2.58. The van der Waals surface area contributed by atoms with Crippen molar-refractivity contribution in [3.05, 3.63) is 0 Å². The van der Waals surface area contributed by atoms with Crippen LogP contribution in [-0.2, 0) is 14.4 Å². The standard InChI is InChI=1S/C13H18N2O3/c1-2-9-12(17)14-10(16)6-15(9)13(18)11-7-4-3-5-8(7)11/h7-9,11H,2-6H2,1H3,(H,14,16,17). The Balaban J connectivity index is 1.75. The maximum absolute atomic E-state index is 12.4. The summed E-state index contributed by atoms with van der Waals surface area (Å²) in [5, 5.41) is 2.30. The highest BCUT2D eigenvalue weighted by molar-refractivity contribution is 6.04. The van der Waals surface area contributed by atoms with Gasteiger partial charge in [0.15, 0.2) is 0 Å². The van der Waals surface area contributed by atoms with Gasteiger partial charge in [-0.15, -0.1) is 0 Å². The summed E-state index contributed by atoms with van der Waals surface area (Å²) in [6.07, 6.45) is 4.04. The summed E-state index contributed by atoms with van der Waals surface area (Å²) < 4.78 is 0. The molecule has 3 amide bonds. The molecule has 1 aliphatic heterocycles. The van der Waals surface area contributed by atoms with E-state index < -0.39 is 6.04 Å². The molecule has 2 aliphatic carbocycles. The highest BCUT2D eigenvalue weighted by atomic mass is 16.2. The van der Waals surface area contributed by atoms with Crippen LogP contribution < -0.4 is 5.32 Å². The predicted octanol–water partition coefficient (Wildman–Crippen LogP) is 0.296. The molecule has 0 aromatic carbocycles. The Morgan fingerprint density at radius 1 is 1.33 bits per heavy atom. The van der Waals surface area contributed by atoms with E-state index >= 15 is 0 Å². The molecule has 0 aromatic rings. The van der Waals surface area contributed by atoms with Crippen molar-refractivity contribution in [2.24, 2.45) is 17.8 Å². The molecule has 3 aliphatic rings. The van der Waals surface area contributed by atoms with Gasteiger partial charge in [0.25, 0.3) is 0 Å². The number of carbonyl (C=O) groups excluding carboxylic acids is 3. The first-order valence-electron chi connectivity index (χ1n) is 6.77. The molecular formula is C13H18N2O3. The number of carbonyl (C=O) groups is 3. The van der Waals surface area contributed by atoms with Crippen molar-refractivity contribution in [2.45, 2.75) is 38.6 Å². The van der Waals surface area contributed by atoms with Crippen LogP contribution in [-0.4, -0.2) is 35.2 Å². The number of amides is 3. The average molecular weight is 250 g/mol. The molecular weight excluding hydrogens is 232 g/mol. The van der Waals surface area contributed by atoms with Gasteiger partial charge in [0, 0.05) is 5.92 Å². The van der Waals surface area contributed by atoms with Gasteiger partial charge in [0.05, 0.1) is 0 Å². The van der Waals surface area contributed by atoms with E-state index in [1.807, 2.05) is 6.92 Å². The van der Waals surface area contributed by atoms with Crippen LogP contribution in [0.5, 0.6) is 0 Å². The molecule has 0 bridgehead atoms. The lowest BCUT2D eigenvalue weighted by Gasteiger charge is -2.33. The van der Waals surface area contributed by atoms with Crippen molar-refractivity contribution in [1.29, 1.82) is 0 Å². The minimum Gasteiger partial charge on any atom is -0.321 e. The molecule has 0 radical (unpaired) electrons. The average Bonchev–Trinajstić information content (AvgIpc) is 2.80. The van der Waals surface area contributed by atoms with Gasteiger partial charge in [-0.1, -0.05) is 13.3 Å². The molecule has 98 valence electrons. The van der Waals surface area contributed by atoms with E-state index in [0.29, 0.717) is 18.3 Å². The molecule has 0 aromatic heterocycles. The van der Waals surface area contributed by atoms with Gasteiger partial charge < -0.3 is 4.90 Å². The quantitative estimate of drug-likeness (QED) is 0.717. The molecule has 18 heavy (non-hydrogen) atoms. The Hall–Kier alpha value is -1.39. The summed E-state index contributed by atoms with van der Waals surface area (Å²) in [5.41, 5.74) is 0. The molecule has 3 atom stereocenters. The first kappa shape index (κ1) is 11.7. The van der Waals surface area contributed by atoms with Gasteiger partial charge >= 0.3 is 0 Å². The number of piperazine rings is 1. The highest BCUT2D eigenvalue weighted by Crippen LogP contribution is 2.58. The third-order valence-corrected chi connectivity index (χ3v) is 4.62. The van der Waals surface area contributed by atoms with Gasteiger partial charge in [-0.3, -0.25) is 19.7 Å². The maximum atomic E-state index is 12.4. The van der Waals surface area contributed by atoms with Crippen LogP contribution in [0.2, 0.25) is 0 Å². The molecule has 1 N–H and O–H groups in total. The van der Waals surface area contributed by atoms with Crippen LogP contribution in [0.1, 0.15) is 32.6 Å². The van der Waals surface area contributed by atoms with Crippen LogP contribution in [0.4, 0.5) is 0 Å². The Kier molecular flexibility index (Phi) is 2.64. The van der Waals surface area contributed by atoms with Crippen LogP contribution in [0.15, 0.2) is 0 Å². The summed E-state index contributed by atoms with van der Waals surface area (Å²) in [6.45, 7) is 1.91. The SMILES string of the molecule is CCC1C(=O)NC(=O)CN1C(=O)C1C2CCCC21. The van der Waals surface area contributed by atoms with Gasteiger partial charge in [-0.25, -0.2) is 0 Å². The second-order valence-electron chi connectivity index (χ2n) is 5.59. The maximum Gasteiger partial charge on any atom is 0.249 e. The minimum atomic E-state index is -0.462. The molecule has 5 nitrogen and oxygen atoms in total. The predicted molar refractivity (Wildman–Crippen MR) is 63.3 cm³/mol.